The molecule has 0 aliphatic heterocycles. The van der Waals surface area contributed by atoms with Crippen molar-refractivity contribution in [2.75, 3.05) is 7.11 Å². The Balaban J connectivity index is 2.70. The van der Waals surface area contributed by atoms with Gasteiger partial charge in [-0.2, -0.15) is 0 Å². The number of carbonyl (C=O) groups excluding carboxylic acids is 1. The largest absolute Gasteiger partial charge is 0.465 e. The standard InChI is InChI=1S/C16H24N2O3/c1-11(2)18(12(3)4)16(17)21-10-13-7-6-8-14(9-13)15(19)20-5/h6-9,11-12,17H,10H2,1-5H3. The first kappa shape index (κ1) is 17.0. The predicted octanol–water partition coefficient (Wildman–Crippen LogP) is 3.04. The predicted molar refractivity (Wildman–Crippen MR) is 82.4 cm³/mol. The topological polar surface area (TPSA) is 62.6 Å². The van der Waals surface area contributed by atoms with Gasteiger partial charge < -0.3 is 14.4 Å². The highest BCUT2D eigenvalue weighted by Crippen LogP contribution is 2.11. The molecule has 0 bridgehead atoms. The highest BCUT2D eigenvalue weighted by molar-refractivity contribution is 5.89. The number of rotatable bonds is 5. The van der Waals surface area contributed by atoms with Crippen molar-refractivity contribution >= 4 is 12.0 Å². The molecule has 1 aromatic carbocycles. The molecule has 5 heteroatoms. The number of ether oxygens (including phenoxy) is 2. The second-order valence-corrected chi connectivity index (χ2v) is 5.38. The summed E-state index contributed by atoms with van der Waals surface area (Å²) in [5, 5.41) is 8.04. The summed E-state index contributed by atoms with van der Waals surface area (Å²) in [6, 6.07) is 7.57. The van der Waals surface area contributed by atoms with Gasteiger partial charge in [-0.25, -0.2) is 4.79 Å². The van der Waals surface area contributed by atoms with Crippen molar-refractivity contribution in [1.82, 2.24) is 4.90 Å². The molecule has 1 N–H and O–H groups in total. The van der Waals surface area contributed by atoms with Gasteiger partial charge in [0.2, 0.25) is 0 Å². The zero-order valence-corrected chi connectivity index (χ0v) is 13.3. The Kier molecular flexibility index (Phi) is 6.21. The molecule has 0 radical (unpaired) electrons. The second-order valence-electron chi connectivity index (χ2n) is 5.38. The lowest BCUT2D eigenvalue weighted by molar-refractivity contribution is 0.0600. The number of nitrogens with one attached hydrogen (secondary N) is 1. The van der Waals surface area contributed by atoms with Gasteiger partial charge in [0, 0.05) is 12.1 Å². The van der Waals surface area contributed by atoms with Crippen molar-refractivity contribution in [2.45, 2.75) is 46.4 Å². The van der Waals surface area contributed by atoms with Gasteiger partial charge in [-0.05, 0) is 45.4 Å². The lowest BCUT2D eigenvalue weighted by atomic mass is 10.1. The van der Waals surface area contributed by atoms with E-state index in [0.717, 1.165) is 5.56 Å². The molecule has 1 rings (SSSR count). The number of hydrogen-bond donors (Lipinski definition) is 1. The van der Waals surface area contributed by atoms with E-state index in [9.17, 15) is 4.79 Å². The van der Waals surface area contributed by atoms with E-state index < -0.39 is 0 Å². The van der Waals surface area contributed by atoms with Crippen LogP contribution in [0.3, 0.4) is 0 Å². The monoisotopic (exact) mass is 292 g/mol. The molecular weight excluding hydrogens is 268 g/mol. The van der Waals surface area contributed by atoms with Crippen LogP contribution in [0, 0.1) is 5.41 Å². The molecule has 0 aliphatic carbocycles. The van der Waals surface area contributed by atoms with Crippen LogP contribution >= 0.6 is 0 Å². The molecular formula is C16H24N2O3. The molecule has 0 atom stereocenters. The molecule has 21 heavy (non-hydrogen) atoms. The Morgan fingerprint density at radius 1 is 1.24 bits per heavy atom. The van der Waals surface area contributed by atoms with Crippen LogP contribution in [0.25, 0.3) is 0 Å². The third kappa shape index (κ3) is 4.77. The number of methoxy groups -OCH3 is 1. The van der Waals surface area contributed by atoms with E-state index in [-0.39, 0.29) is 30.7 Å². The second kappa shape index (κ2) is 7.67. The van der Waals surface area contributed by atoms with Crippen molar-refractivity contribution < 1.29 is 14.3 Å². The zero-order valence-electron chi connectivity index (χ0n) is 13.3. The molecule has 0 aromatic heterocycles. The first-order valence-corrected chi connectivity index (χ1v) is 7.03. The highest BCUT2D eigenvalue weighted by Gasteiger charge is 2.18. The summed E-state index contributed by atoms with van der Waals surface area (Å²) in [6.45, 7) is 8.34. The molecule has 0 fully saturated rings. The summed E-state index contributed by atoms with van der Waals surface area (Å²) in [5.41, 5.74) is 1.31. The van der Waals surface area contributed by atoms with Gasteiger partial charge in [-0.15, -0.1) is 0 Å². The van der Waals surface area contributed by atoms with Gasteiger partial charge in [-0.1, -0.05) is 12.1 Å². The van der Waals surface area contributed by atoms with Crippen LogP contribution in [0.4, 0.5) is 0 Å². The van der Waals surface area contributed by atoms with E-state index in [4.69, 9.17) is 10.1 Å². The molecule has 0 amide bonds. The van der Waals surface area contributed by atoms with Gasteiger partial charge in [0.1, 0.15) is 6.61 Å². The van der Waals surface area contributed by atoms with Crippen molar-refractivity contribution in [3.63, 3.8) is 0 Å². The normalized spacial score (nSPS) is 10.6. The number of carbonyl (C=O) groups is 1. The minimum Gasteiger partial charge on any atom is -0.465 e. The average molecular weight is 292 g/mol. The minimum atomic E-state index is -0.377. The van der Waals surface area contributed by atoms with Crippen LogP contribution in [0.1, 0.15) is 43.6 Å². The van der Waals surface area contributed by atoms with Crippen molar-refractivity contribution in [3.8, 4) is 0 Å². The van der Waals surface area contributed by atoms with Crippen LogP contribution in [0.2, 0.25) is 0 Å². The first-order chi connectivity index (χ1) is 9.86. The van der Waals surface area contributed by atoms with E-state index in [1.165, 1.54) is 7.11 Å². The molecule has 0 saturated heterocycles. The summed E-state index contributed by atoms with van der Waals surface area (Å²) < 4.78 is 10.2. The number of benzene rings is 1. The third-order valence-corrected chi connectivity index (χ3v) is 3.07. The van der Waals surface area contributed by atoms with E-state index in [2.05, 4.69) is 4.74 Å². The first-order valence-electron chi connectivity index (χ1n) is 7.03. The van der Waals surface area contributed by atoms with E-state index in [1.54, 1.807) is 18.2 Å². The van der Waals surface area contributed by atoms with Crippen LogP contribution < -0.4 is 0 Å². The maximum absolute atomic E-state index is 11.5. The van der Waals surface area contributed by atoms with Crippen molar-refractivity contribution in [2.24, 2.45) is 0 Å². The SMILES string of the molecule is COC(=O)c1cccc(COC(=N)N(C(C)C)C(C)C)c1. The molecule has 116 valence electrons. The summed E-state index contributed by atoms with van der Waals surface area (Å²) in [4.78, 5) is 13.4. The Bertz CT molecular complexity index is 490. The molecule has 0 heterocycles. The molecule has 1 aromatic rings. The molecule has 0 unspecified atom stereocenters. The Labute approximate surface area is 126 Å². The Hall–Kier alpha value is -2.04. The summed E-state index contributed by atoms with van der Waals surface area (Å²) in [5.74, 6) is -0.377. The molecule has 0 saturated carbocycles. The van der Waals surface area contributed by atoms with E-state index in [1.807, 2.05) is 38.7 Å². The van der Waals surface area contributed by atoms with E-state index >= 15 is 0 Å². The maximum Gasteiger partial charge on any atom is 0.337 e. The lowest BCUT2D eigenvalue weighted by Gasteiger charge is -2.32. The average Bonchev–Trinajstić information content (AvgIpc) is 2.43. The van der Waals surface area contributed by atoms with Crippen LogP contribution in [-0.2, 0) is 16.1 Å². The van der Waals surface area contributed by atoms with Gasteiger partial charge in [-0.3, -0.25) is 5.41 Å². The Morgan fingerprint density at radius 2 is 1.86 bits per heavy atom. The summed E-state index contributed by atoms with van der Waals surface area (Å²) in [6.07, 6.45) is 0. The van der Waals surface area contributed by atoms with Crippen molar-refractivity contribution in [1.29, 1.82) is 5.41 Å². The summed E-state index contributed by atoms with van der Waals surface area (Å²) in [7, 11) is 1.35. The molecule has 0 aliphatic rings. The van der Waals surface area contributed by atoms with Crippen molar-refractivity contribution in [3.05, 3.63) is 35.4 Å². The quantitative estimate of drug-likeness (QED) is 0.515. The molecule has 0 spiro atoms. The smallest absolute Gasteiger partial charge is 0.337 e. The fourth-order valence-corrected chi connectivity index (χ4v) is 2.20. The number of hydrogen-bond acceptors (Lipinski definition) is 4. The van der Waals surface area contributed by atoms with Gasteiger partial charge >= 0.3 is 5.97 Å². The fraction of sp³-hybridized carbons (Fsp3) is 0.500. The lowest BCUT2D eigenvalue weighted by Crippen LogP contribution is -2.42. The summed E-state index contributed by atoms with van der Waals surface area (Å²) >= 11 is 0. The van der Waals surface area contributed by atoms with Crippen LogP contribution in [0.5, 0.6) is 0 Å². The maximum atomic E-state index is 11.5. The zero-order chi connectivity index (χ0) is 16.0. The van der Waals surface area contributed by atoms with Crippen LogP contribution in [-0.4, -0.2) is 36.1 Å². The van der Waals surface area contributed by atoms with Gasteiger partial charge in [0.15, 0.2) is 0 Å². The number of nitrogens with zero attached hydrogens (tertiary/aromatic N) is 1. The highest BCUT2D eigenvalue weighted by atomic mass is 16.5. The van der Waals surface area contributed by atoms with Gasteiger partial charge in [0.25, 0.3) is 6.02 Å². The van der Waals surface area contributed by atoms with E-state index in [0.29, 0.717) is 5.56 Å². The molecule has 5 nitrogen and oxygen atoms in total. The fourth-order valence-electron chi connectivity index (χ4n) is 2.20. The van der Waals surface area contributed by atoms with Gasteiger partial charge in [0.05, 0.1) is 12.7 Å². The number of amidine groups is 1. The number of esters is 1. The van der Waals surface area contributed by atoms with Crippen LogP contribution in [0.15, 0.2) is 24.3 Å². The third-order valence-electron chi connectivity index (χ3n) is 3.07. The Morgan fingerprint density at radius 3 is 2.38 bits per heavy atom. The minimum absolute atomic E-state index is 0.142.